The maximum absolute atomic E-state index is 11.9. The number of carbonyl (C=O) groups excluding carboxylic acids is 1. The van der Waals surface area contributed by atoms with Crippen molar-refractivity contribution in [1.82, 2.24) is 9.88 Å². The summed E-state index contributed by atoms with van der Waals surface area (Å²) in [7, 11) is 0. The van der Waals surface area contributed by atoms with Gasteiger partial charge in [0.05, 0.1) is 6.61 Å². The van der Waals surface area contributed by atoms with Crippen LogP contribution in [0.1, 0.15) is 32.8 Å². The molecule has 4 nitrogen and oxygen atoms in total. The van der Waals surface area contributed by atoms with Gasteiger partial charge in [-0.1, -0.05) is 13.8 Å². The standard InChI is InChI=1S/C14H22N2O2/c1-4-13(14(17)18-6-3)16(5-2)11-12-7-9-15-10-8-12/h7-10,13H,4-6,11H2,1-3H3. The molecular weight excluding hydrogens is 228 g/mol. The molecule has 18 heavy (non-hydrogen) atoms. The number of hydrogen-bond donors (Lipinski definition) is 0. The minimum atomic E-state index is -0.164. The third kappa shape index (κ3) is 4.11. The molecule has 0 saturated carbocycles. The van der Waals surface area contributed by atoms with Crippen molar-refractivity contribution in [3.05, 3.63) is 30.1 Å². The molecule has 4 heteroatoms. The molecule has 1 rings (SSSR count). The fourth-order valence-corrected chi connectivity index (χ4v) is 1.98. The Morgan fingerprint density at radius 2 is 2.00 bits per heavy atom. The molecule has 0 amide bonds. The van der Waals surface area contributed by atoms with Gasteiger partial charge < -0.3 is 4.74 Å². The number of likely N-dealkylation sites (N-methyl/N-ethyl adjacent to an activating group) is 1. The average Bonchev–Trinajstić information content (AvgIpc) is 2.40. The van der Waals surface area contributed by atoms with Crippen LogP contribution in [-0.4, -0.2) is 35.0 Å². The molecule has 1 atom stereocenters. The van der Waals surface area contributed by atoms with Crippen molar-refractivity contribution in [2.24, 2.45) is 0 Å². The molecular formula is C14H22N2O2. The van der Waals surface area contributed by atoms with E-state index in [2.05, 4.69) is 16.8 Å². The van der Waals surface area contributed by atoms with Crippen molar-refractivity contribution in [1.29, 1.82) is 0 Å². The minimum Gasteiger partial charge on any atom is -0.465 e. The lowest BCUT2D eigenvalue weighted by Crippen LogP contribution is -2.41. The van der Waals surface area contributed by atoms with Gasteiger partial charge in [-0.25, -0.2) is 0 Å². The van der Waals surface area contributed by atoms with Gasteiger partial charge >= 0.3 is 5.97 Å². The summed E-state index contributed by atoms with van der Waals surface area (Å²) in [6, 6.07) is 3.78. The molecule has 100 valence electrons. The summed E-state index contributed by atoms with van der Waals surface area (Å²) in [4.78, 5) is 18.0. The van der Waals surface area contributed by atoms with Crippen LogP contribution in [0.5, 0.6) is 0 Å². The SMILES string of the molecule is CCOC(=O)C(CC)N(CC)Cc1ccncc1. The zero-order valence-corrected chi connectivity index (χ0v) is 11.4. The molecule has 1 aromatic rings. The number of carbonyl (C=O) groups is 1. The molecule has 0 N–H and O–H groups in total. The van der Waals surface area contributed by atoms with Gasteiger partial charge in [-0.15, -0.1) is 0 Å². The summed E-state index contributed by atoms with van der Waals surface area (Å²) in [5, 5.41) is 0. The molecule has 0 spiro atoms. The Hall–Kier alpha value is -1.42. The Morgan fingerprint density at radius 1 is 1.33 bits per heavy atom. The van der Waals surface area contributed by atoms with E-state index >= 15 is 0 Å². The molecule has 0 aliphatic heterocycles. The third-order valence-corrected chi connectivity index (χ3v) is 2.93. The van der Waals surface area contributed by atoms with Gasteiger partial charge in [-0.2, -0.15) is 0 Å². The second-order valence-electron chi connectivity index (χ2n) is 4.09. The average molecular weight is 250 g/mol. The van der Waals surface area contributed by atoms with Crippen molar-refractivity contribution < 1.29 is 9.53 Å². The Morgan fingerprint density at radius 3 is 2.50 bits per heavy atom. The summed E-state index contributed by atoms with van der Waals surface area (Å²) in [5.41, 5.74) is 1.16. The second-order valence-corrected chi connectivity index (χ2v) is 4.09. The van der Waals surface area contributed by atoms with Crippen LogP contribution in [0, 0.1) is 0 Å². The Kier molecular flexibility index (Phi) is 6.36. The van der Waals surface area contributed by atoms with E-state index in [1.165, 1.54) is 0 Å². The first-order chi connectivity index (χ1) is 8.72. The molecule has 1 unspecified atom stereocenters. The van der Waals surface area contributed by atoms with Gasteiger partial charge in [0.1, 0.15) is 6.04 Å². The van der Waals surface area contributed by atoms with E-state index in [1.807, 2.05) is 26.0 Å². The maximum Gasteiger partial charge on any atom is 0.323 e. The van der Waals surface area contributed by atoms with Gasteiger partial charge in [0.25, 0.3) is 0 Å². The number of esters is 1. The highest BCUT2D eigenvalue weighted by Gasteiger charge is 2.24. The Labute approximate surface area is 109 Å². The largest absolute Gasteiger partial charge is 0.465 e. The zero-order chi connectivity index (χ0) is 13.4. The highest BCUT2D eigenvalue weighted by atomic mass is 16.5. The zero-order valence-electron chi connectivity index (χ0n) is 11.4. The van der Waals surface area contributed by atoms with Crippen molar-refractivity contribution >= 4 is 5.97 Å². The molecule has 0 radical (unpaired) electrons. The maximum atomic E-state index is 11.9. The minimum absolute atomic E-state index is 0.129. The van der Waals surface area contributed by atoms with E-state index in [-0.39, 0.29) is 12.0 Å². The molecule has 0 aromatic carbocycles. The van der Waals surface area contributed by atoms with Crippen molar-refractivity contribution in [2.75, 3.05) is 13.2 Å². The van der Waals surface area contributed by atoms with Crippen molar-refractivity contribution in [3.8, 4) is 0 Å². The third-order valence-electron chi connectivity index (χ3n) is 2.93. The van der Waals surface area contributed by atoms with E-state index in [0.29, 0.717) is 6.61 Å². The van der Waals surface area contributed by atoms with Crippen LogP contribution in [0.25, 0.3) is 0 Å². The highest BCUT2D eigenvalue weighted by Crippen LogP contribution is 2.11. The predicted octanol–water partition coefficient (Wildman–Crippen LogP) is 2.25. The molecule has 1 heterocycles. The smallest absolute Gasteiger partial charge is 0.323 e. The molecule has 0 saturated heterocycles. The van der Waals surface area contributed by atoms with Gasteiger partial charge in [0.2, 0.25) is 0 Å². The number of rotatable bonds is 7. The van der Waals surface area contributed by atoms with Crippen LogP contribution < -0.4 is 0 Å². The van der Waals surface area contributed by atoms with E-state index in [4.69, 9.17) is 4.74 Å². The molecule has 1 aromatic heterocycles. The van der Waals surface area contributed by atoms with Crippen LogP contribution in [0.3, 0.4) is 0 Å². The van der Waals surface area contributed by atoms with E-state index in [1.54, 1.807) is 12.4 Å². The van der Waals surface area contributed by atoms with Crippen LogP contribution in [-0.2, 0) is 16.1 Å². The first kappa shape index (κ1) is 14.6. The van der Waals surface area contributed by atoms with E-state index < -0.39 is 0 Å². The summed E-state index contributed by atoms with van der Waals surface area (Å²) in [6.07, 6.45) is 4.31. The molecule has 0 aliphatic carbocycles. The van der Waals surface area contributed by atoms with Crippen LogP contribution in [0.15, 0.2) is 24.5 Å². The second kappa shape index (κ2) is 7.82. The van der Waals surface area contributed by atoms with Crippen LogP contribution >= 0.6 is 0 Å². The number of pyridine rings is 1. The predicted molar refractivity (Wildman–Crippen MR) is 71.0 cm³/mol. The fourth-order valence-electron chi connectivity index (χ4n) is 1.98. The lowest BCUT2D eigenvalue weighted by molar-refractivity contribution is -0.149. The van der Waals surface area contributed by atoms with Gasteiger partial charge in [-0.05, 0) is 37.6 Å². The first-order valence-corrected chi connectivity index (χ1v) is 6.52. The molecule has 0 bridgehead atoms. The van der Waals surface area contributed by atoms with Crippen molar-refractivity contribution in [3.63, 3.8) is 0 Å². The Balaban J connectivity index is 2.71. The molecule has 0 aliphatic rings. The number of aromatic nitrogens is 1. The van der Waals surface area contributed by atoms with Crippen LogP contribution in [0.4, 0.5) is 0 Å². The number of hydrogen-bond acceptors (Lipinski definition) is 4. The van der Waals surface area contributed by atoms with Gasteiger partial charge in [-0.3, -0.25) is 14.7 Å². The van der Waals surface area contributed by atoms with E-state index in [9.17, 15) is 4.79 Å². The monoisotopic (exact) mass is 250 g/mol. The normalized spacial score (nSPS) is 12.4. The highest BCUT2D eigenvalue weighted by molar-refractivity contribution is 5.75. The van der Waals surface area contributed by atoms with E-state index in [0.717, 1.165) is 25.1 Å². The Bertz CT molecular complexity index is 354. The molecule has 0 fully saturated rings. The van der Waals surface area contributed by atoms with Crippen LogP contribution in [0.2, 0.25) is 0 Å². The number of ether oxygens (including phenoxy) is 1. The summed E-state index contributed by atoms with van der Waals surface area (Å²) in [5.74, 6) is -0.129. The summed E-state index contributed by atoms with van der Waals surface area (Å²) < 4.78 is 5.12. The number of nitrogens with zero attached hydrogens (tertiary/aromatic N) is 2. The summed E-state index contributed by atoms with van der Waals surface area (Å²) >= 11 is 0. The lowest BCUT2D eigenvalue weighted by atomic mass is 10.1. The quantitative estimate of drug-likeness (QED) is 0.696. The topological polar surface area (TPSA) is 42.4 Å². The first-order valence-electron chi connectivity index (χ1n) is 6.52. The van der Waals surface area contributed by atoms with Gasteiger partial charge in [0.15, 0.2) is 0 Å². The van der Waals surface area contributed by atoms with Crippen molar-refractivity contribution in [2.45, 2.75) is 39.8 Å². The fraction of sp³-hybridized carbons (Fsp3) is 0.571. The van der Waals surface area contributed by atoms with Gasteiger partial charge in [0, 0.05) is 18.9 Å². The lowest BCUT2D eigenvalue weighted by Gasteiger charge is -2.28. The summed E-state index contributed by atoms with van der Waals surface area (Å²) in [6.45, 7) is 7.90.